The van der Waals surface area contributed by atoms with Crippen LogP contribution in [0.5, 0.6) is 17.2 Å². The lowest BCUT2D eigenvalue weighted by Crippen LogP contribution is -2.22. The van der Waals surface area contributed by atoms with Crippen LogP contribution in [0.1, 0.15) is 36.0 Å². The summed E-state index contributed by atoms with van der Waals surface area (Å²) in [6.45, 7) is 3.66. The summed E-state index contributed by atoms with van der Waals surface area (Å²) in [5, 5.41) is 0. The Morgan fingerprint density at radius 3 is 2.52 bits per heavy atom. The maximum atomic E-state index is 12.5. The first-order valence-corrected chi connectivity index (χ1v) is 9.45. The molecule has 0 amide bonds. The Kier molecular flexibility index (Phi) is 4.68. The van der Waals surface area contributed by atoms with Crippen LogP contribution in [-0.4, -0.2) is 39.7 Å². The molecule has 0 unspecified atom stereocenters. The highest BCUT2D eigenvalue weighted by Crippen LogP contribution is 2.44. The second kappa shape index (κ2) is 7.14. The second-order valence-electron chi connectivity index (χ2n) is 7.22. The van der Waals surface area contributed by atoms with E-state index in [2.05, 4.69) is 24.3 Å². The zero-order valence-corrected chi connectivity index (χ0v) is 16.1. The Morgan fingerprint density at radius 1 is 1.07 bits per heavy atom. The fourth-order valence-corrected chi connectivity index (χ4v) is 3.89. The highest BCUT2D eigenvalue weighted by molar-refractivity contribution is 5.85. The summed E-state index contributed by atoms with van der Waals surface area (Å²) in [6, 6.07) is 10.2. The van der Waals surface area contributed by atoms with E-state index in [0.29, 0.717) is 32.7 Å². The summed E-state index contributed by atoms with van der Waals surface area (Å²) in [5.41, 5.74) is 4.29. The zero-order chi connectivity index (χ0) is 19.0. The first-order chi connectivity index (χ1) is 13.1. The number of hydrogen-bond donors (Lipinski definition) is 0. The molecule has 5 heteroatoms. The number of ketones is 1. The van der Waals surface area contributed by atoms with Gasteiger partial charge in [0.25, 0.3) is 0 Å². The molecule has 0 spiro atoms. The largest absolute Gasteiger partial charge is 0.493 e. The molecule has 4 rings (SSSR count). The minimum atomic E-state index is -0.0326. The number of anilines is 1. The van der Waals surface area contributed by atoms with Crippen molar-refractivity contribution < 1.29 is 19.0 Å². The summed E-state index contributed by atoms with van der Waals surface area (Å²) in [4.78, 5) is 14.6. The molecular formula is C22H25NO4. The Balaban J connectivity index is 1.82. The summed E-state index contributed by atoms with van der Waals surface area (Å²) < 4.78 is 17.4. The number of hydrogen-bond acceptors (Lipinski definition) is 5. The third kappa shape index (κ3) is 3.34. The van der Waals surface area contributed by atoms with E-state index in [4.69, 9.17) is 14.2 Å². The van der Waals surface area contributed by atoms with E-state index < -0.39 is 0 Å². The van der Waals surface area contributed by atoms with Gasteiger partial charge in [-0.15, -0.1) is 0 Å². The highest BCUT2D eigenvalue weighted by atomic mass is 16.6. The molecule has 2 aliphatic rings. The Morgan fingerprint density at radius 2 is 1.81 bits per heavy atom. The van der Waals surface area contributed by atoms with Gasteiger partial charge < -0.3 is 19.1 Å². The molecule has 0 bridgehead atoms. The van der Waals surface area contributed by atoms with Gasteiger partial charge in [0.15, 0.2) is 11.5 Å². The first-order valence-electron chi connectivity index (χ1n) is 9.45. The summed E-state index contributed by atoms with van der Waals surface area (Å²) in [6.07, 6.45) is 0.927. The minimum Gasteiger partial charge on any atom is -0.493 e. The third-order valence-corrected chi connectivity index (χ3v) is 5.19. The van der Waals surface area contributed by atoms with Crippen molar-refractivity contribution >= 4 is 11.5 Å². The van der Waals surface area contributed by atoms with Gasteiger partial charge in [-0.1, -0.05) is 6.07 Å². The van der Waals surface area contributed by atoms with Crippen LogP contribution in [0, 0.1) is 0 Å². The van der Waals surface area contributed by atoms with Gasteiger partial charge in [-0.2, -0.15) is 0 Å². The van der Waals surface area contributed by atoms with Crippen molar-refractivity contribution in [2.24, 2.45) is 0 Å². The van der Waals surface area contributed by atoms with Gasteiger partial charge in [0, 0.05) is 50.2 Å². The van der Waals surface area contributed by atoms with Gasteiger partial charge in [0.05, 0.1) is 6.61 Å². The molecular weight excluding hydrogens is 342 g/mol. The van der Waals surface area contributed by atoms with Crippen LogP contribution >= 0.6 is 0 Å². The number of fused-ring (bicyclic) bond motifs is 2. The van der Waals surface area contributed by atoms with Gasteiger partial charge in [0.1, 0.15) is 24.7 Å². The topological polar surface area (TPSA) is 48.0 Å². The molecule has 5 nitrogen and oxygen atoms in total. The summed E-state index contributed by atoms with van der Waals surface area (Å²) in [5.74, 6) is 2.55. The zero-order valence-electron chi connectivity index (χ0n) is 16.1. The number of rotatable bonds is 4. The average molecular weight is 367 g/mol. The number of Topliss-reactive ketones (excluding diaryl/α,β-unsaturated/α-hetero) is 1. The molecule has 0 saturated heterocycles. The van der Waals surface area contributed by atoms with E-state index >= 15 is 0 Å². The van der Waals surface area contributed by atoms with Crippen molar-refractivity contribution in [2.75, 3.05) is 38.8 Å². The lowest BCUT2D eigenvalue weighted by molar-refractivity contribution is -0.119. The molecule has 1 atom stereocenters. The highest BCUT2D eigenvalue weighted by Gasteiger charge is 2.31. The van der Waals surface area contributed by atoms with Crippen molar-refractivity contribution in [2.45, 2.75) is 25.7 Å². The predicted molar refractivity (Wildman–Crippen MR) is 105 cm³/mol. The number of carbonyl (C=O) groups is 1. The maximum Gasteiger partial charge on any atom is 0.161 e. The molecule has 1 aliphatic carbocycles. The van der Waals surface area contributed by atoms with Crippen LogP contribution in [0.15, 0.2) is 30.3 Å². The van der Waals surface area contributed by atoms with Crippen LogP contribution in [0.2, 0.25) is 0 Å². The van der Waals surface area contributed by atoms with Crippen LogP contribution in [0.3, 0.4) is 0 Å². The van der Waals surface area contributed by atoms with E-state index in [1.54, 1.807) is 0 Å². The number of ether oxygens (including phenoxy) is 3. The average Bonchev–Trinajstić information content (AvgIpc) is 2.66. The summed E-state index contributed by atoms with van der Waals surface area (Å²) >= 11 is 0. The van der Waals surface area contributed by atoms with Gasteiger partial charge in [-0.3, -0.25) is 4.79 Å². The van der Waals surface area contributed by atoms with Gasteiger partial charge in [0.2, 0.25) is 0 Å². The number of benzene rings is 2. The molecule has 0 radical (unpaired) electrons. The Hall–Kier alpha value is -2.69. The maximum absolute atomic E-state index is 12.5. The molecule has 0 saturated carbocycles. The van der Waals surface area contributed by atoms with Gasteiger partial charge >= 0.3 is 0 Å². The van der Waals surface area contributed by atoms with Crippen LogP contribution in [0.4, 0.5) is 5.69 Å². The van der Waals surface area contributed by atoms with Crippen molar-refractivity contribution in [3.8, 4) is 17.2 Å². The van der Waals surface area contributed by atoms with Crippen LogP contribution in [0.25, 0.3) is 0 Å². The lowest BCUT2D eigenvalue weighted by atomic mass is 9.77. The van der Waals surface area contributed by atoms with Crippen molar-refractivity contribution in [3.63, 3.8) is 0 Å². The molecule has 142 valence electrons. The SMILES string of the molecule is CCOc1cc(N(C)C)ccc1[C@@H]1CC(=O)Cc2cc3c(cc21)OCCO3. The lowest BCUT2D eigenvalue weighted by Gasteiger charge is -2.29. The quantitative estimate of drug-likeness (QED) is 0.827. The molecule has 0 fully saturated rings. The molecule has 2 aromatic rings. The fraction of sp³-hybridized carbons (Fsp3) is 0.409. The Bertz CT molecular complexity index is 875. The number of nitrogens with zero attached hydrogens (tertiary/aromatic N) is 1. The monoisotopic (exact) mass is 367 g/mol. The summed E-state index contributed by atoms with van der Waals surface area (Å²) in [7, 11) is 4.02. The fourth-order valence-electron chi connectivity index (χ4n) is 3.89. The van der Waals surface area contributed by atoms with Gasteiger partial charge in [-0.05, 0) is 36.2 Å². The van der Waals surface area contributed by atoms with E-state index in [1.807, 2.05) is 32.0 Å². The standard InChI is InChI=1S/C22H25NO4/c1-4-25-20-11-15(23(2)3)5-6-17(20)19-12-16(24)9-14-10-21-22(13-18(14)19)27-8-7-26-21/h5-6,10-11,13,19H,4,7-9,12H2,1-3H3/t19-/m0/s1. The van der Waals surface area contributed by atoms with E-state index in [-0.39, 0.29) is 11.7 Å². The molecule has 1 heterocycles. The van der Waals surface area contributed by atoms with Crippen molar-refractivity contribution in [1.82, 2.24) is 0 Å². The molecule has 27 heavy (non-hydrogen) atoms. The normalized spacial score (nSPS) is 18.0. The van der Waals surface area contributed by atoms with Gasteiger partial charge in [-0.25, -0.2) is 0 Å². The molecule has 1 aliphatic heterocycles. The predicted octanol–water partition coefficient (Wildman–Crippen LogP) is 3.57. The second-order valence-corrected chi connectivity index (χ2v) is 7.22. The van der Waals surface area contributed by atoms with E-state index in [9.17, 15) is 4.79 Å². The molecule has 0 N–H and O–H groups in total. The van der Waals surface area contributed by atoms with Crippen molar-refractivity contribution in [3.05, 3.63) is 47.0 Å². The van der Waals surface area contributed by atoms with Crippen molar-refractivity contribution in [1.29, 1.82) is 0 Å². The van der Waals surface area contributed by atoms with E-state index in [0.717, 1.165) is 39.6 Å². The Labute approximate surface area is 159 Å². The first kappa shape index (κ1) is 17.7. The van der Waals surface area contributed by atoms with Crippen LogP contribution in [-0.2, 0) is 11.2 Å². The minimum absolute atomic E-state index is 0.0326. The molecule has 2 aromatic carbocycles. The smallest absolute Gasteiger partial charge is 0.161 e. The molecule has 0 aromatic heterocycles. The van der Waals surface area contributed by atoms with E-state index in [1.165, 1.54) is 0 Å². The van der Waals surface area contributed by atoms with Crippen LogP contribution < -0.4 is 19.1 Å². The third-order valence-electron chi connectivity index (χ3n) is 5.19. The number of carbonyl (C=O) groups excluding carboxylic acids is 1.